The van der Waals surface area contributed by atoms with Gasteiger partial charge in [-0.2, -0.15) is 0 Å². The Morgan fingerprint density at radius 2 is 1.71 bits per heavy atom. The highest BCUT2D eigenvalue weighted by atomic mass is 16.5. The molecule has 4 heteroatoms. The molecule has 84 valence electrons. The lowest BCUT2D eigenvalue weighted by molar-refractivity contribution is -0.149. The summed E-state index contributed by atoms with van der Waals surface area (Å²) in [6, 6.07) is 0. The van der Waals surface area contributed by atoms with Crippen molar-refractivity contribution in [2.75, 3.05) is 41.3 Å². The van der Waals surface area contributed by atoms with E-state index < -0.39 is 5.60 Å². The highest BCUT2D eigenvalue weighted by molar-refractivity contribution is 5.84. The van der Waals surface area contributed by atoms with Gasteiger partial charge in [-0.15, -0.1) is 0 Å². The van der Waals surface area contributed by atoms with Gasteiger partial charge in [-0.1, -0.05) is 0 Å². The van der Waals surface area contributed by atoms with E-state index in [9.17, 15) is 4.79 Å². The maximum absolute atomic E-state index is 11.8. The predicted molar refractivity (Wildman–Crippen MR) is 57.3 cm³/mol. The van der Waals surface area contributed by atoms with Crippen LogP contribution in [-0.2, 0) is 9.53 Å². The molecule has 0 bridgehead atoms. The largest absolute Gasteiger partial charge is 0.369 e. The Bertz CT molecular complexity index is 191. The fourth-order valence-electron chi connectivity index (χ4n) is 0.998. The van der Waals surface area contributed by atoms with Crippen molar-refractivity contribution in [3.63, 3.8) is 0 Å². The maximum atomic E-state index is 11.8. The monoisotopic (exact) mass is 202 g/mol. The third kappa shape index (κ3) is 4.07. The van der Waals surface area contributed by atoms with E-state index in [0.717, 1.165) is 13.1 Å². The van der Waals surface area contributed by atoms with E-state index in [-0.39, 0.29) is 5.91 Å². The molecule has 0 spiro atoms. The first-order chi connectivity index (χ1) is 6.31. The average molecular weight is 202 g/mol. The van der Waals surface area contributed by atoms with E-state index in [0.29, 0.717) is 0 Å². The second-order valence-electron chi connectivity index (χ2n) is 4.24. The van der Waals surface area contributed by atoms with Gasteiger partial charge in [-0.3, -0.25) is 4.79 Å². The minimum absolute atomic E-state index is 0.0156. The Morgan fingerprint density at radius 3 is 2.07 bits per heavy atom. The Kier molecular flexibility index (Phi) is 5.08. The van der Waals surface area contributed by atoms with E-state index in [1.54, 1.807) is 32.9 Å². The Balaban J connectivity index is 4.12. The minimum Gasteiger partial charge on any atom is -0.369 e. The minimum atomic E-state index is -0.721. The van der Waals surface area contributed by atoms with Crippen molar-refractivity contribution in [2.45, 2.75) is 19.4 Å². The maximum Gasteiger partial charge on any atom is 0.254 e. The smallest absolute Gasteiger partial charge is 0.254 e. The Labute approximate surface area is 86.8 Å². The van der Waals surface area contributed by atoms with Crippen molar-refractivity contribution < 1.29 is 9.53 Å². The van der Waals surface area contributed by atoms with Crippen molar-refractivity contribution in [3.05, 3.63) is 0 Å². The number of hydrogen-bond donors (Lipinski definition) is 0. The molecule has 0 fully saturated rings. The molecular weight excluding hydrogens is 180 g/mol. The fraction of sp³-hybridized carbons (Fsp3) is 0.900. The lowest BCUT2D eigenvalue weighted by Crippen LogP contribution is -2.46. The first-order valence-electron chi connectivity index (χ1n) is 4.76. The van der Waals surface area contributed by atoms with Gasteiger partial charge in [0.05, 0.1) is 0 Å². The lowest BCUT2D eigenvalue weighted by atomic mass is 10.1. The summed E-state index contributed by atoms with van der Waals surface area (Å²) in [4.78, 5) is 15.5. The standard InChI is InChI=1S/C10H22N2O2/c1-10(2,14-6)9(13)12(5)8-7-11(3)4/h7-8H2,1-6H3. The summed E-state index contributed by atoms with van der Waals surface area (Å²) >= 11 is 0. The number of likely N-dealkylation sites (N-methyl/N-ethyl adjacent to an activating group) is 2. The number of carbonyl (C=O) groups is 1. The molecule has 0 atom stereocenters. The molecule has 4 nitrogen and oxygen atoms in total. The van der Waals surface area contributed by atoms with Crippen LogP contribution in [0.25, 0.3) is 0 Å². The lowest BCUT2D eigenvalue weighted by Gasteiger charge is -2.28. The third-order valence-corrected chi connectivity index (χ3v) is 2.25. The van der Waals surface area contributed by atoms with Crippen LogP contribution in [0.2, 0.25) is 0 Å². The molecule has 0 saturated carbocycles. The molecular formula is C10H22N2O2. The molecule has 0 aliphatic heterocycles. The van der Waals surface area contributed by atoms with Crippen LogP contribution in [0.4, 0.5) is 0 Å². The van der Waals surface area contributed by atoms with Gasteiger partial charge in [0.15, 0.2) is 0 Å². The van der Waals surface area contributed by atoms with E-state index in [1.807, 2.05) is 19.0 Å². The molecule has 0 saturated heterocycles. The molecule has 0 heterocycles. The molecule has 1 amide bonds. The second kappa shape index (κ2) is 5.32. The van der Waals surface area contributed by atoms with Gasteiger partial charge in [0.1, 0.15) is 5.60 Å². The van der Waals surface area contributed by atoms with Crippen LogP contribution in [0.5, 0.6) is 0 Å². The van der Waals surface area contributed by atoms with Crippen LogP contribution in [0, 0.1) is 0 Å². The number of hydrogen-bond acceptors (Lipinski definition) is 3. The van der Waals surface area contributed by atoms with E-state index in [1.165, 1.54) is 0 Å². The Morgan fingerprint density at radius 1 is 1.21 bits per heavy atom. The summed E-state index contributed by atoms with van der Waals surface area (Å²) in [5.74, 6) is 0.0156. The van der Waals surface area contributed by atoms with Crippen molar-refractivity contribution in [3.8, 4) is 0 Å². The fourth-order valence-corrected chi connectivity index (χ4v) is 0.998. The van der Waals surface area contributed by atoms with Gasteiger partial charge in [-0.05, 0) is 27.9 Å². The quantitative estimate of drug-likeness (QED) is 0.648. The highest BCUT2D eigenvalue weighted by Crippen LogP contribution is 2.10. The van der Waals surface area contributed by atoms with Crippen molar-refractivity contribution in [2.24, 2.45) is 0 Å². The summed E-state index contributed by atoms with van der Waals surface area (Å²) in [6.45, 7) is 5.14. The molecule has 0 aromatic heterocycles. The van der Waals surface area contributed by atoms with Crippen LogP contribution in [0.3, 0.4) is 0 Å². The first-order valence-corrected chi connectivity index (χ1v) is 4.76. The van der Waals surface area contributed by atoms with Gasteiger partial charge in [0, 0.05) is 27.2 Å². The predicted octanol–water partition coefficient (Wildman–Crippen LogP) is 0.431. The van der Waals surface area contributed by atoms with Crippen LogP contribution in [0.15, 0.2) is 0 Å². The number of nitrogens with zero attached hydrogens (tertiary/aromatic N) is 2. The van der Waals surface area contributed by atoms with Crippen LogP contribution in [-0.4, -0.2) is 62.7 Å². The average Bonchev–Trinajstić information content (AvgIpc) is 2.12. The molecule has 14 heavy (non-hydrogen) atoms. The van der Waals surface area contributed by atoms with E-state index >= 15 is 0 Å². The summed E-state index contributed by atoms with van der Waals surface area (Å²) < 4.78 is 5.12. The second-order valence-corrected chi connectivity index (χ2v) is 4.24. The van der Waals surface area contributed by atoms with Crippen LogP contribution < -0.4 is 0 Å². The first kappa shape index (κ1) is 13.4. The molecule has 0 rings (SSSR count). The number of rotatable bonds is 5. The van der Waals surface area contributed by atoms with Gasteiger partial charge < -0.3 is 14.5 Å². The zero-order chi connectivity index (χ0) is 11.4. The van der Waals surface area contributed by atoms with Gasteiger partial charge in [-0.25, -0.2) is 0 Å². The normalized spacial score (nSPS) is 11.9. The molecule has 0 N–H and O–H groups in total. The van der Waals surface area contributed by atoms with E-state index in [2.05, 4.69) is 0 Å². The van der Waals surface area contributed by atoms with Crippen molar-refractivity contribution in [1.82, 2.24) is 9.80 Å². The highest BCUT2D eigenvalue weighted by Gasteiger charge is 2.29. The van der Waals surface area contributed by atoms with Gasteiger partial charge >= 0.3 is 0 Å². The summed E-state index contributed by atoms with van der Waals surface area (Å²) in [6.07, 6.45) is 0. The number of carbonyl (C=O) groups excluding carboxylic acids is 1. The molecule has 0 aromatic carbocycles. The molecule has 0 aliphatic rings. The summed E-state index contributed by atoms with van der Waals surface area (Å²) in [5, 5.41) is 0. The van der Waals surface area contributed by atoms with Gasteiger partial charge in [0.25, 0.3) is 5.91 Å². The van der Waals surface area contributed by atoms with Gasteiger partial charge in [0.2, 0.25) is 0 Å². The zero-order valence-electron chi connectivity index (χ0n) is 10.1. The SMILES string of the molecule is COC(C)(C)C(=O)N(C)CCN(C)C. The molecule has 0 aliphatic carbocycles. The molecule has 0 aromatic rings. The molecule has 0 radical (unpaired) electrons. The van der Waals surface area contributed by atoms with Crippen LogP contribution >= 0.6 is 0 Å². The number of ether oxygens (including phenoxy) is 1. The van der Waals surface area contributed by atoms with Crippen molar-refractivity contribution in [1.29, 1.82) is 0 Å². The van der Waals surface area contributed by atoms with Crippen molar-refractivity contribution >= 4 is 5.91 Å². The summed E-state index contributed by atoms with van der Waals surface area (Å²) in [7, 11) is 7.32. The number of methoxy groups -OCH3 is 1. The van der Waals surface area contributed by atoms with E-state index in [4.69, 9.17) is 4.74 Å². The number of amides is 1. The Hall–Kier alpha value is -0.610. The zero-order valence-corrected chi connectivity index (χ0v) is 10.1. The molecule has 0 unspecified atom stereocenters. The summed E-state index contributed by atoms with van der Waals surface area (Å²) in [5.41, 5.74) is -0.721. The van der Waals surface area contributed by atoms with Crippen LogP contribution in [0.1, 0.15) is 13.8 Å². The third-order valence-electron chi connectivity index (χ3n) is 2.25. The topological polar surface area (TPSA) is 32.8 Å².